The molecule has 2 saturated carbocycles. The maximum atomic E-state index is 5.61. The first-order valence-electron chi connectivity index (χ1n) is 5.68. The van der Waals surface area contributed by atoms with Crippen LogP contribution in [0.25, 0.3) is 0 Å². The number of rotatable bonds is 1. The van der Waals surface area contributed by atoms with Crippen molar-refractivity contribution in [3.8, 4) is 0 Å². The first kappa shape index (κ1) is 9.49. The van der Waals surface area contributed by atoms with Gasteiger partial charge in [-0.25, -0.2) is 0 Å². The third-order valence-corrected chi connectivity index (χ3v) is 6.19. The van der Waals surface area contributed by atoms with E-state index < -0.39 is 0 Å². The molecule has 2 spiro atoms. The van der Waals surface area contributed by atoms with Gasteiger partial charge >= 0.3 is 0 Å². The molecule has 0 amide bonds. The molecule has 0 aromatic carbocycles. The molecule has 14 heavy (non-hydrogen) atoms. The van der Waals surface area contributed by atoms with Crippen LogP contribution in [-0.2, 0) is 4.74 Å². The van der Waals surface area contributed by atoms with E-state index in [4.69, 9.17) is 4.74 Å². The predicted molar refractivity (Wildman–Crippen MR) is 59.5 cm³/mol. The highest BCUT2D eigenvalue weighted by Gasteiger charge is 2.70. The largest absolute Gasteiger partial charge is 0.381 e. The maximum Gasteiger partial charge on any atom is 0.0755 e. The van der Waals surface area contributed by atoms with Gasteiger partial charge in [0.05, 0.1) is 11.0 Å². The van der Waals surface area contributed by atoms with E-state index in [0.29, 0.717) is 16.4 Å². The van der Waals surface area contributed by atoms with Crippen LogP contribution >= 0.6 is 11.8 Å². The number of ether oxygens (including phenoxy) is 1. The molecule has 0 radical (unpaired) electrons. The van der Waals surface area contributed by atoms with Crippen LogP contribution in [0.1, 0.15) is 32.6 Å². The van der Waals surface area contributed by atoms with E-state index in [9.17, 15) is 0 Å². The van der Waals surface area contributed by atoms with Gasteiger partial charge in [-0.15, -0.1) is 11.8 Å². The van der Waals surface area contributed by atoms with E-state index in [1.807, 2.05) is 7.11 Å². The number of methoxy groups -OCH3 is 1. The Bertz CT molecular complexity index is 254. The minimum Gasteiger partial charge on any atom is -0.381 e. The molecular weight excluding hydrogens is 194 g/mol. The molecule has 1 N–H and O–H groups in total. The molecule has 2 aliphatic carbocycles. The average molecular weight is 213 g/mol. The van der Waals surface area contributed by atoms with Gasteiger partial charge in [-0.1, -0.05) is 13.3 Å². The van der Waals surface area contributed by atoms with Crippen molar-refractivity contribution >= 4 is 11.8 Å². The molecule has 1 heterocycles. The maximum absolute atomic E-state index is 5.61. The number of hydrogen-bond donors (Lipinski definition) is 1. The van der Waals surface area contributed by atoms with Crippen LogP contribution in [0.5, 0.6) is 0 Å². The minimum absolute atomic E-state index is 0.394. The molecule has 1 aliphatic heterocycles. The van der Waals surface area contributed by atoms with Crippen LogP contribution in [0.15, 0.2) is 0 Å². The van der Waals surface area contributed by atoms with Crippen molar-refractivity contribution in [1.29, 1.82) is 0 Å². The number of hydrogen-bond acceptors (Lipinski definition) is 3. The van der Waals surface area contributed by atoms with Crippen LogP contribution in [0.3, 0.4) is 0 Å². The number of thioether (sulfide) groups is 1. The summed E-state index contributed by atoms with van der Waals surface area (Å²) in [6, 6.07) is 0. The standard InChI is InChI=1S/C11H19NOS/c1-8-7-12-11(14-8)6-9(13-2)10(11)4-3-5-10/h8-9,12H,3-7H2,1-2H3. The summed E-state index contributed by atoms with van der Waals surface area (Å²) in [4.78, 5) is 0.394. The van der Waals surface area contributed by atoms with Crippen LogP contribution in [0.4, 0.5) is 0 Å². The van der Waals surface area contributed by atoms with E-state index in [-0.39, 0.29) is 0 Å². The summed E-state index contributed by atoms with van der Waals surface area (Å²) >= 11 is 2.17. The first-order chi connectivity index (χ1) is 6.72. The molecule has 3 atom stereocenters. The molecule has 0 bridgehead atoms. The van der Waals surface area contributed by atoms with Crippen molar-refractivity contribution in [1.82, 2.24) is 5.32 Å². The zero-order chi connectivity index (χ0) is 9.81. The second-order valence-electron chi connectivity index (χ2n) is 5.07. The number of fused-ring (bicyclic) bond motifs is 1. The fraction of sp³-hybridized carbons (Fsp3) is 1.00. The molecule has 3 fully saturated rings. The fourth-order valence-electron chi connectivity index (χ4n) is 3.53. The van der Waals surface area contributed by atoms with Gasteiger partial charge in [0.25, 0.3) is 0 Å². The minimum atomic E-state index is 0.394. The predicted octanol–water partition coefficient (Wildman–Crippen LogP) is 2.00. The molecular formula is C11H19NOS. The summed E-state index contributed by atoms with van der Waals surface area (Å²) < 4.78 is 5.61. The Morgan fingerprint density at radius 2 is 2.21 bits per heavy atom. The zero-order valence-electron chi connectivity index (χ0n) is 9.01. The molecule has 80 valence electrons. The van der Waals surface area contributed by atoms with Crippen LogP contribution in [0.2, 0.25) is 0 Å². The van der Waals surface area contributed by atoms with Crippen molar-refractivity contribution in [2.45, 2.75) is 48.8 Å². The van der Waals surface area contributed by atoms with Gasteiger partial charge in [-0.3, -0.25) is 0 Å². The lowest BCUT2D eigenvalue weighted by Crippen LogP contribution is -2.72. The van der Waals surface area contributed by atoms with E-state index in [1.54, 1.807) is 0 Å². The molecule has 1 saturated heterocycles. The molecule has 3 aliphatic rings. The molecule has 3 unspecified atom stereocenters. The van der Waals surface area contributed by atoms with E-state index in [0.717, 1.165) is 5.25 Å². The Morgan fingerprint density at radius 3 is 2.64 bits per heavy atom. The Labute approximate surface area is 90.2 Å². The number of nitrogens with one attached hydrogen (secondary N) is 1. The smallest absolute Gasteiger partial charge is 0.0755 e. The Balaban J connectivity index is 1.83. The second kappa shape index (κ2) is 2.89. The highest BCUT2D eigenvalue weighted by Crippen LogP contribution is 2.68. The molecule has 2 nitrogen and oxygen atoms in total. The average Bonchev–Trinajstić information content (AvgIpc) is 2.43. The lowest BCUT2D eigenvalue weighted by Gasteiger charge is -2.66. The van der Waals surface area contributed by atoms with Gasteiger partial charge in [-0.05, 0) is 12.8 Å². The van der Waals surface area contributed by atoms with Crippen molar-refractivity contribution in [2.75, 3.05) is 13.7 Å². The van der Waals surface area contributed by atoms with Gasteiger partial charge < -0.3 is 10.1 Å². The van der Waals surface area contributed by atoms with Crippen molar-refractivity contribution in [3.05, 3.63) is 0 Å². The van der Waals surface area contributed by atoms with Crippen LogP contribution in [0, 0.1) is 5.41 Å². The normalized spacial score (nSPS) is 49.3. The lowest BCUT2D eigenvalue weighted by molar-refractivity contribution is -0.173. The fourth-order valence-corrected chi connectivity index (χ4v) is 5.37. The second-order valence-corrected chi connectivity index (χ2v) is 6.81. The van der Waals surface area contributed by atoms with Crippen molar-refractivity contribution < 1.29 is 4.74 Å². The zero-order valence-corrected chi connectivity index (χ0v) is 9.82. The Kier molecular flexibility index (Phi) is 1.96. The van der Waals surface area contributed by atoms with Crippen molar-refractivity contribution in [2.24, 2.45) is 5.41 Å². The topological polar surface area (TPSA) is 21.3 Å². The molecule has 0 aromatic rings. The first-order valence-corrected chi connectivity index (χ1v) is 6.56. The quantitative estimate of drug-likeness (QED) is 0.720. The van der Waals surface area contributed by atoms with Crippen LogP contribution < -0.4 is 5.32 Å². The van der Waals surface area contributed by atoms with Gasteiger partial charge in [-0.2, -0.15) is 0 Å². The Morgan fingerprint density at radius 1 is 1.43 bits per heavy atom. The summed E-state index contributed by atoms with van der Waals surface area (Å²) in [5, 5.41) is 4.54. The van der Waals surface area contributed by atoms with Gasteiger partial charge in [0.15, 0.2) is 0 Å². The summed E-state index contributed by atoms with van der Waals surface area (Å²) in [7, 11) is 1.88. The summed E-state index contributed by atoms with van der Waals surface area (Å²) in [5.74, 6) is 0. The van der Waals surface area contributed by atoms with E-state index >= 15 is 0 Å². The Hall–Kier alpha value is 0.270. The highest BCUT2D eigenvalue weighted by atomic mass is 32.2. The lowest BCUT2D eigenvalue weighted by atomic mass is 9.50. The molecule has 3 heteroatoms. The van der Waals surface area contributed by atoms with Gasteiger partial charge in [0.2, 0.25) is 0 Å². The van der Waals surface area contributed by atoms with Crippen molar-refractivity contribution in [3.63, 3.8) is 0 Å². The van der Waals surface area contributed by atoms with Gasteiger partial charge in [0, 0.05) is 30.7 Å². The third kappa shape index (κ3) is 0.915. The summed E-state index contributed by atoms with van der Waals surface area (Å²) in [6.45, 7) is 3.52. The van der Waals surface area contributed by atoms with Crippen LogP contribution in [-0.4, -0.2) is 29.9 Å². The third-order valence-electron chi connectivity index (χ3n) is 4.50. The molecule has 0 aromatic heterocycles. The molecule has 3 rings (SSSR count). The van der Waals surface area contributed by atoms with E-state index in [2.05, 4.69) is 24.0 Å². The monoisotopic (exact) mass is 213 g/mol. The van der Waals surface area contributed by atoms with Gasteiger partial charge in [0.1, 0.15) is 0 Å². The SMILES string of the molecule is COC1CC2(NCC(C)S2)C12CCC2. The highest BCUT2D eigenvalue weighted by molar-refractivity contribution is 8.01. The summed E-state index contributed by atoms with van der Waals surface area (Å²) in [6.07, 6.45) is 5.90. The summed E-state index contributed by atoms with van der Waals surface area (Å²) in [5.41, 5.74) is 0.497. The van der Waals surface area contributed by atoms with E-state index in [1.165, 1.54) is 32.2 Å².